The van der Waals surface area contributed by atoms with Crippen LogP contribution in [0.3, 0.4) is 0 Å². The second-order valence-electron chi connectivity index (χ2n) is 5.27. The Hall–Kier alpha value is -0.863. The second-order valence-corrected chi connectivity index (χ2v) is 10.3. The molecule has 0 saturated carbocycles. The van der Waals surface area contributed by atoms with Gasteiger partial charge < -0.3 is 5.11 Å². The molecule has 0 bridgehead atoms. The zero-order valence-corrected chi connectivity index (χ0v) is 11.5. The van der Waals surface area contributed by atoms with Crippen molar-refractivity contribution in [2.24, 2.45) is 0 Å². The van der Waals surface area contributed by atoms with Gasteiger partial charge in [-0.2, -0.15) is 0 Å². The van der Waals surface area contributed by atoms with Crippen LogP contribution in [-0.4, -0.2) is 13.2 Å². The molecule has 0 aliphatic carbocycles. The summed E-state index contributed by atoms with van der Waals surface area (Å²) in [6, 6.07) is 9.87. The topological polar surface area (TPSA) is 20.2 Å². The third-order valence-corrected chi connectivity index (χ3v) is 3.64. The first-order valence-electron chi connectivity index (χ1n) is 5.90. The van der Waals surface area contributed by atoms with Crippen molar-refractivity contribution in [3.8, 4) is 0 Å². The first kappa shape index (κ1) is 13.2. The van der Waals surface area contributed by atoms with Crippen LogP contribution >= 0.6 is 0 Å². The van der Waals surface area contributed by atoms with Crippen LogP contribution < -0.4 is 0 Å². The predicted octanol–water partition coefficient (Wildman–Crippen LogP) is 3.93. The molecule has 1 atom stereocenters. The molecular formula is C14H22OSi. The van der Waals surface area contributed by atoms with Crippen molar-refractivity contribution >= 4 is 8.07 Å². The molecule has 0 aliphatic heterocycles. The summed E-state index contributed by atoms with van der Waals surface area (Å²) in [5.74, 6) is 0. The number of aliphatic hydroxyl groups excluding tert-OH is 1. The van der Waals surface area contributed by atoms with Gasteiger partial charge in [0.1, 0.15) is 0 Å². The highest BCUT2D eigenvalue weighted by Crippen LogP contribution is 2.18. The molecule has 0 fully saturated rings. The van der Waals surface area contributed by atoms with E-state index < -0.39 is 8.07 Å². The fourth-order valence-electron chi connectivity index (χ4n) is 1.53. The minimum Gasteiger partial charge on any atom is -0.388 e. The fraction of sp³-hybridized carbons (Fsp3) is 0.429. The van der Waals surface area contributed by atoms with Gasteiger partial charge in [0, 0.05) is 0 Å². The Balaban J connectivity index is 2.37. The van der Waals surface area contributed by atoms with Gasteiger partial charge in [0.2, 0.25) is 0 Å². The van der Waals surface area contributed by atoms with Crippen molar-refractivity contribution < 1.29 is 5.11 Å². The van der Waals surface area contributed by atoms with Gasteiger partial charge in [-0.05, 0) is 18.4 Å². The van der Waals surface area contributed by atoms with E-state index in [1.807, 2.05) is 30.3 Å². The SMILES string of the molecule is C[Si](C)(C)/C=C/CCC(O)c1ccccc1. The molecule has 1 aromatic rings. The van der Waals surface area contributed by atoms with E-state index in [2.05, 4.69) is 31.4 Å². The highest BCUT2D eigenvalue weighted by atomic mass is 28.3. The molecule has 1 rings (SSSR count). The Bertz CT molecular complexity index is 324. The van der Waals surface area contributed by atoms with Crippen LogP contribution in [0.1, 0.15) is 24.5 Å². The van der Waals surface area contributed by atoms with Crippen molar-refractivity contribution in [1.29, 1.82) is 0 Å². The van der Waals surface area contributed by atoms with Crippen molar-refractivity contribution in [2.45, 2.75) is 38.6 Å². The molecule has 2 heteroatoms. The van der Waals surface area contributed by atoms with Gasteiger partial charge in [0.15, 0.2) is 0 Å². The molecule has 0 aliphatic rings. The smallest absolute Gasteiger partial charge is 0.0793 e. The van der Waals surface area contributed by atoms with Crippen molar-refractivity contribution in [3.05, 3.63) is 47.7 Å². The zero-order chi connectivity index (χ0) is 12.0. The summed E-state index contributed by atoms with van der Waals surface area (Å²) in [6.45, 7) is 6.95. The molecule has 1 aromatic carbocycles. The molecule has 0 amide bonds. The molecule has 88 valence electrons. The average molecular weight is 234 g/mol. The average Bonchev–Trinajstić information content (AvgIpc) is 2.24. The zero-order valence-electron chi connectivity index (χ0n) is 10.5. The lowest BCUT2D eigenvalue weighted by atomic mass is 10.1. The van der Waals surface area contributed by atoms with Crippen LogP contribution in [0.25, 0.3) is 0 Å². The lowest BCUT2D eigenvalue weighted by molar-refractivity contribution is 0.169. The molecule has 1 nitrogen and oxygen atoms in total. The van der Waals surface area contributed by atoms with Gasteiger partial charge in [-0.25, -0.2) is 0 Å². The van der Waals surface area contributed by atoms with E-state index in [-0.39, 0.29) is 6.10 Å². The van der Waals surface area contributed by atoms with Gasteiger partial charge in [-0.15, -0.1) is 0 Å². The molecule has 16 heavy (non-hydrogen) atoms. The number of hydrogen-bond acceptors (Lipinski definition) is 1. The minimum absolute atomic E-state index is 0.326. The monoisotopic (exact) mass is 234 g/mol. The molecular weight excluding hydrogens is 212 g/mol. The number of rotatable bonds is 5. The van der Waals surface area contributed by atoms with Crippen LogP contribution in [0.15, 0.2) is 42.1 Å². The van der Waals surface area contributed by atoms with Gasteiger partial charge in [0.05, 0.1) is 14.2 Å². The van der Waals surface area contributed by atoms with Gasteiger partial charge in [-0.1, -0.05) is 61.7 Å². The summed E-state index contributed by atoms with van der Waals surface area (Å²) in [5.41, 5.74) is 3.36. The minimum atomic E-state index is -1.07. The van der Waals surface area contributed by atoms with Crippen molar-refractivity contribution in [2.75, 3.05) is 0 Å². The Labute approximate surface area is 99.8 Å². The van der Waals surface area contributed by atoms with E-state index in [1.54, 1.807) is 0 Å². The van der Waals surface area contributed by atoms with Crippen LogP contribution in [-0.2, 0) is 0 Å². The summed E-state index contributed by atoms with van der Waals surface area (Å²) >= 11 is 0. The highest BCUT2D eigenvalue weighted by molar-refractivity contribution is 6.80. The maximum Gasteiger partial charge on any atom is 0.0793 e. The van der Waals surface area contributed by atoms with E-state index in [1.165, 1.54) is 0 Å². The van der Waals surface area contributed by atoms with Crippen LogP contribution in [0.4, 0.5) is 0 Å². The van der Waals surface area contributed by atoms with Crippen LogP contribution in [0.5, 0.6) is 0 Å². The normalized spacial score (nSPS) is 14.2. The van der Waals surface area contributed by atoms with Crippen molar-refractivity contribution in [1.82, 2.24) is 0 Å². The predicted molar refractivity (Wildman–Crippen MR) is 73.1 cm³/mol. The fourth-order valence-corrected chi connectivity index (χ4v) is 2.41. The number of benzene rings is 1. The Morgan fingerprint density at radius 1 is 1.19 bits per heavy atom. The third-order valence-electron chi connectivity index (χ3n) is 2.41. The first-order valence-corrected chi connectivity index (χ1v) is 9.47. The largest absolute Gasteiger partial charge is 0.388 e. The maximum atomic E-state index is 9.93. The lowest BCUT2D eigenvalue weighted by Crippen LogP contribution is -2.15. The summed E-state index contributed by atoms with van der Waals surface area (Å²) < 4.78 is 0. The Kier molecular flexibility index (Phi) is 4.96. The van der Waals surface area contributed by atoms with E-state index in [4.69, 9.17) is 0 Å². The van der Waals surface area contributed by atoms with Crippen LogP contribution in [0.2, 0.25) is 19.6 Å². The van der Waals surface area contributed by atoms with E-state index >= 15 is 0 Å². The van der Waals surface area contributed by atoms with Gasteiger partial charge >= 0.3 is 0 Å². The third kappa shape index (κ3) is 5.28. The Morgan fingerprint density at radius 3 is 2.38 bits per heavy atom. The summed E-state index contributed by atoms with van der Waals surface area (Å²) in [7, 11) is -1.07. The lowest BCUT2D eigenvalue weighted by Gasteiger charge is -2.10. The number of allylic oxidation sites excluding steroid dienone is 1. The van der Waals surface area contributed by atoms with E-state index in [0.29, 0.717) is 0 Å². The molecule has 0 saturated heterocycles. The quantitative estimate of drug-likeness (QED) is 0.765. The molecule has 0 heterocycles. The molecule has 1 N–H and O–H groups in total. The standard InChI is InChI=1S/C14H22OSi/c1-16(2,3)12-8-7-11-14(15)13-9-5-4-6-10-13/h4-6,8-10,12,14-15H,7,11H2,1-3H3/b12-8+. The number of hydrogen-bond donors (Lipinski definition) is 1. The summed E-state index contributed by atoms with van der Waals surface area (Å²) in [6.07, 6.45) is 3.66. The maximum absolute atomic E-state index is 9.93. The molecule has 1 unspecified atom stereocenters. The van der Waals surface area contributed by atoms with E-state index in [9.17, 15) is 5.11 Å². The molecule has 0 spiro atoms. The molecule has 0 aromatic heterocycles. The first-order chi connectivity index (χ1) is 7.49. The van der Waals surface area contributed by atoms with Gasteiger partial charge in [0.25, 0.3) is 0 Å². The van der Waals surface area contributed by atoms with Crippen LogP contribution in [0, 0.1) is 0 Å². The van der Waals surface area contributed by atoms with E-state index in [0.717, 1.165) is 18.4 Å². The number of aliphatic hydroxyl groups is 1. The Morgan fingerprint density at radius 2 is 1.81 bits per heavy atom. The summed E-state index contributed by atoms with van der Waals surface area (Å²) in [4.78, 5) is 0. The highest BCUT2D eigenvalue weighted by Gasteiger charge is 2.08. The molecule has 0 radical (unpaired) electrons. The van der Waals surface area contributed by atoms with Gasteiger partial charge in [-0.3, -0.25) is 0 Å². The second kappa shape index (κ2) is 6.02. The summed E-state index contributed by atoms with van der Waals surface area (Å²) in [5, 5.41) is 9.93. The van der Waals surface area contributed by atoms with Crippen molar-refractivity contribution in [3.63, 3.8) is 0 Å².